The molecule has 0 saturated carbocycles. The van der Waals surface area contributed by atoms with E-state index in [1.165, 1.54) is 6.92 Å². The summed E-state index contributed by atoms with van der Waals surface area (Å²) in [7, 11) is 0. The van der Waals surface area contributed by atoms with E-state index in [0.29, 0.717) is 5.57 Å². The van der Waals surface area contributed by atoms with Gasteiger partial charge in [0.05, 0.1) is 0 Å². The summed E-state index contributed by atoms with van der Waals surface area (Å²) in [6.45, 7) is 10.3. The third kappa shape index (κ3) is 6.38. The van der Waals surface area contributed by atoms with Gasteiger partial charge in [-0.3, -0.25) is 0 Å². The van der Waals surface area contributed by atoms with Crippen molar-refractivity contribution in [3.8, 4) is 0 Å². The maximum Gasteiger partial charge on any atom is 0.0461 e. The molecule has 10 heavy (non-hydrogen) atoms. The second kappa shape index (κ2) is 6.00. The fourth-order valence-corrected chi connectivity index (χ4v) is 0.363. The van der Waals surface area contributed by atoms with E-state index in [2.05, 4.69) is 6.08 Å². The van der Waals surface area contributed by atoms with Crippen molar-refractivity contribution < 1.29 is 37.5 Å². The molecule has 0 heterocycles. The fraction of sp³-hybridized carbons (Fsp3) is 0.375. The summed E-state index contributed by atoms with van der Waals surface area (Å²) in [4.78, 5) is 10.4. The molecule has 0 rings (SSSR count). The minimum Gasteiger partial charge on any atom is -0.391 e. The summed E-state index contributed by atoms with van der Waals surface area (Å²) >= 11 is 0. The van der Waals surface area contributed by atoms with Gasteiger partial charge in [-0.25, -0.2) is 0 Å². The molecule has 0 aliphatic rings. The summed E-state index contributed by atoms with van der Waals surface area (Å²) in [5.74, 6) is -0.0858. The summed E-state index contributed by atoms with van der Waals surface area (Å²) in [5.41, 5.74) is 1.37. The van der Waals surface area contributed by atoms with Crippen LogP contribution in [0, 0.1) is 12.7 Å². The first-order valence-corrected chi connectivity index (χ1v) is 2.74. The van der Waals surface area contributed by atoms with Crippen LogP contribution in [-0.4, -0.2) is 5.78 Å². The van der Waals surface area contributed by atoms with Crippen molar-refractivity contribution in [2.45, 2.75) is 20.8 Å². The van der Waals surface area contributed by atoms with Gasteiger partial charge < -0.3 is 28.6 Å². The predicted molar refractivity (Wildman–Crippen MR) is 36.6 cm³/mol. The van der Waals surface area contributed by atoms with E-state index in [4.69, 9.17) is 6.58 Å². The van der Waals surface area contributed by atoms with Crippen molar-refractivity contribution in [3.63, 3.8) is 0 Å². The Morgan fingerprint density at radius 2 is 1.70 bits per heavy atom. The van der Waals surface area contributed by atoms with Gasteiger partial charge in [-0.2, -0.15) is 0 Å². The van der Waals surface area contributed by atoms with E-state index in [1.807, 2.05) is 0 Å². The molecule has 53 valence electrons. The Hall–Kier alpha value is 0.254. The maximum atomic E-state index is 10.4. The minimum atomic E-state index is -0.0858. The summed E-state index contributed by atoms with van der Waals surface area (Å²) in [6, 6.07) is 0. The number of Topliss-reactive ketones (excluding diaryl/α,β-unsaturated/α-hetero) is 1. The Labute approximate surface area is 87.5 Å². The van der Waals surface area contributed by atoms with Crippen LogP contribution >= 0.6 is 0 Å². The molecular formula is C8H10OY-2. The molecule has 0 aliphatic heterocycles. The first-order chi connectivity index (χ1) is 4.04. The molecule has 0 atom stereocenters. The van der Waals surface area contributed by atoms with Crippen LogP contribution in [0.15, 0.2) is 11.1 Å². The summed E-state index contributed by atoms with van der Waals surface area (Å²) in [6.07, 6.45) is 2.56. The number of ketones is 1. The second-order valence-electron chi connectivity index (χ2n) is 1.99. The van der Waals surface area contributed by atoms with E-state index in [1.54, 1.807) is 13.8 Å². The Balaban J connectivity index is 0. The Morgan fingerprint density at radius 1 is 1.30 bits per heavy atom. The van der Waals surface area contributed by atoms with Crippen molar-refractivity contribution in [3.05, 3.63) is 23.8 Å². The van der Waals surface area contributed by atoms with Crippen LogP contribution in [-0.2, 0) is 37.5 Å². The van der Waals surface area contributed by atoms with Crippen LogP contribution in [0.1, 0.15) is 20.8 Å². The van der Waals surface area contributed by atoms with Crippen molar-refractivity contribution in [2.24, 2.45) is 0 Å². The average Bonchev–Trinajstić information content (AvgIpc) is 1.63. The molecule has 0 aromatic heterocycles. The fourth-order valence-electron chi connectivity index (χ4n) is 0.363. The van der Waals surface area contributed by atoms with Gasteiger partial charge in [0.1, 0.15) is 0 Å². The average molecular weight is 211 g/mol. The molecule has 0 aromatic carbocycles. The molecule has 0 aromatic rings. The van der Waals surface area contributed by atoms with Crippen molar-refractivity contribution in [2.75, 3.05) is 0 Å². The van der Waals surface area contributed by atoms with Crippen molar-refractivity contribution >= 4 is 5.78 Å². The first-order valence-electron chi connectivity index (χ1n) is 2.74. The maximum absolute atomic E-state index is 10.4. The smallest absolute Gasteiger partial charge is 0.0461 e. The van der Waals surface area contributed by atoms with Gasteiger partial charge in [0, 0.05) is 38.5 Å². The standard InChI is InChI=1S/C8H10O.Y/c1-6(2)7(3)5-8(4)9;/h1H,2-4H3;/q-2;. The quantitative estimate of drug-likeness (QED) is 0.386. The number of hydrogen-bond acceptors (Lipinski definition) is 1. The van der Waals surface area contributed by atoms with Crippen LogP contribution < -0.4 is 0 Å². The predicted octanol–water partition coefficient (Wildman–Crippen LogP) is 1.70. The van der Waals surface area contributed by atoms with Crippen LogP contribution in [0.5, 0.6) is 0 Å². The second-order valence-corrected chi connectivity index (χ2v) is 1.99. The zero-order chi connectivity index (χ0) is 7.44. The van der Waals surface area contributed by atoms with Gasteiger partial charge >= 0.3 is 0 Å². The first kappa shape index (κ1) is 12.9. The Bertz CT molecular complexity index is 168. The molecule has 0 unspecified atom stereocenters. The molecule has 0 N–H and O–H groups in total. The molecule has 0 saturated heterocycles. The van der Waals surface area contributed by atoms with Gasteiger partial charge in [0.25, 0.3) is 0 Å². The third-order valence-electron chi connectivity index (χ3n) is 0.955. The number of rotatable bonds is 2. The summed E-state index contributed by atoms with van der Waals surface area (Å²) in [5, 5.41) is 0. The molecule has 1 nitrogen and oxygen atoms in total. The van der Waals surface area contributed by atoms with Gasteiger partial charge in [0.15, 0.2) is 0 Å². The van der Waals surface area contributed by atoms with E-state index < -0.39 is 0 Å². The number of carbonyl (C=O) groups is 1. The molecule has 0 aliphatic carbocycles. The summed E-state index contributed by atoms with van der Waals surface area (Å²) < 4.78 is 0. The number of allylic oxidation sites excluding steroid dienone is 3. The number of hydrogen-bond donors (Lipinski definition) is 0. The van der Waals surface area contributed by atoms with Crippen LogP contribution in [0.4, 0.5) is 0 Å². The van der Waals surface area contributed by atoms with Gasteiger partial charge in [-0.05, 0) is 6.92 Å². The van der Waals surface area contributed by atoms with E-state index in [9.17, 15) is 4.79 Å². The number of carbonyl (C=O) groups excluding carboxylic acids is 1. The van der Waals surface area contributed by atoms with Gasteiger partial charge in [0.2, 0.25) is 0 Å². The van der Waals surface area contributed by atoms with Gasteiger partial charge in [-0.15, -0.1) is 13.8 Å². The molecule has 0 amide bonds. The molecule has 0 bridgehead atoms. The SMILES string of the molecule is [CH-]=C(C)C(C)=[C-]C(C)=O.[Y]. The van der Waals surface area contributed by atoms with Crippen LogP contribution in [0.25, 0.3) is 0 Å². The molecule has 0 spiro atoms. The van der Waals surface area contributed by atoms with Crippen LogP contribution in [0.2, 0.25) is 0 Å². The molecule has 2 heteroatoms. The topological polar surface area (TPSA) is 17.1 Å². The Kier molecular flexibility index (Phi) is 7.73. The normalized spacial score (nSPS) is 10.1. The van der Waals surface area contributed by atoms with E-state index >= 15 is 0 Å². The van der Waals surface area contributed by atoms with Crippen molar-refractivity contribution in [1.29, 1.82) is 0 Å². The zero-order valence-electron chi connectivity index (χ0n) is 6.56. The van der Waals surface area contributed by atoms with Crippen molar-refractivity contribution in [1.82, 2.24) is 0 Å². The molecular weight excluding hydrogens is 201 g/mol. The van der Waals surface area contributed by atoms with Gasteiger partial charge in [-0.1, -0.05) is 0 Å². The Morgan fingerprint density at radius 3 is 1.80 bits per heavy atom. The van der Waals surface area contributed by atoms with Crippen LogP contribution in [0.3, 0.4) is 0 Å². The zero-order valence-corrected chi connectivity index (χ0v) is 9.40. The van der Waals surface area contributed by atoms with E-state index in [0.717, 1.165) is 5.57 Å². The molecule has 0 fully saturated rings. The third-order valence-corrected chi connectivity index (χ3v) is 0.955. The minimum absolute atomic E-state index is 0. The van der Waals surface area contributed by atoms with E-state index in [-0.39, 0.29) is 38.5 Å². The largest absolute Gasteiger partial charge is 0.391 e. The molecule has 1 radical (unpaired) electrons. The monoisotopic (exact) mass is 211 g/mol.